The number of ether oxygens (including phenoxy) is 1. The fraction of sp³-hybridized carbons (Fsp3) is 0.364. The van der Waals surface area contributed by atoms with Crippen molar-refractivity contribution < 1.29 is 9.53 Å². The van der Waals surface area contributed by atoms with E-state index in [0.29, 0.717) is 12.3 Å². The van der Waals surface area contributed by atoms with E-state index in [1.165, 1.54) is 0 Å². The molecule has 1 atom stereocenters. The average molecular weight is 432 g/mol. The van der Waals surface area contributed by atoms with Gasteiger partial charge in [0.25, 0.3) is 5.91 Å². The lowest BCUT2D eigenvalue weighted by Crippen LogP contribution is -2.46. The van der Waals surface area contributed by atoms with Crippen molar-refractivity contribution >= 4 is 40.1 Å². The number of carbonyl (C=O) groups is 1. The van der Waals surface area contributed by atoms with E-state index >= 15 is 0 Å². The smallest absolute Gasteiger partial charge is 0.263 e. The maximum Gasteiger partial charge on any atom is 0.263 e. The van der Waals surface area contributed by atoms with Crippen molar-refractivity contribution in [3.05, 3.63) is 59.9 Å². The van der Waals surface area contributed by atoms with Gasteiger partial charge in [0.2, 0.25) is 0 Å². The second kappa shape index (κ2) is 7.22. The first-order valence-corrected chi connectivity index (χ1v) is 10.3. The Labute approximate surface area is 180 Å². The Morgan fingerprint density at radius 2 is 1.90 bits per heavy atom. The van der Waals surface area contributed by atoms with Gasteiger partial charge in [-0.2, -0.15) is 0 Å². The van der Waals surface area contributed by atoms with Gasteiger partial charge in [-0.25, -0.2) is 4.98 Å². The molecule has 0 bridgehead atoms. The zero-order chi connectivity index (χ0) is 20.8. The van der Waals surface area contributed by atoms with Crippen molar-refractivity contribution in [3.63, 3.8) is 0 Å². The van der Waals surface area contributed by atoms with Gasteiger partial charge >= 0.3 is 0 Å². The molecule has 0 saturated heterocycles. The van der Waals surface area contributed by atoms with Crippen molar-refractivity contribution in [1.82, 2.24) is 14.9 Å². The molecule has 0 radical (unpaired) electrons. The zero-order valence-electron chi connectivity index (χ0n) is 16.6. The summed E-state index contributed by atoms with van der Waals surface area (Å²) in [6, 6.07) is 15.5. The molecule has 4 rings (SSSR count). The van der Waals surface area contributed by atoms with Crippen LogP contribution >= 0.6 is 23.2 Å². The molecule has 1 amide bonds. The van der Waals surface area contributed by atoms with Gasteiger partial charge < -0.3 is 14.6 Å². The van der Waals surface area contributed by atoms with Crippen LogP contribution in [0.5, 0.6) is 5.75 Å². The van der Waals surface area contributed by atoms with Crippen molar-refractivity contribution in [2.75, 3.05) is 0 Å². The molecule has 1 heterocycles. The maximum atomic E-state index is 12.7. The molecular weight excluding hydrogens is 409 g/mol. The van der Waals surface area contributed by atoms with Gasteiger partial charge in [0.05, 0.1) is 17.6 Å². The van der Waals surface area contributed by atoms with E-state index in [1.807, 2.05) is 60.1 Å². The molecule has 1 N–H and O–H groups in total. The van der Waals surface area contributed by atoms with Crippen LogP contribution in [0.2, 0.25) is 0 Å². The maximum absolute atomic E-state index is 12.7. The number of rotatable bonds is 6. The summed E-state index contributed by atoms with van der Waals surface area (Å²) < 4.78 is 7.27. The largest absolute Gasteiger partial charge is 0.478 e. The molecule has 152 valence electrons. The number of nitrogens with zero attached hydrogens (tertiary/aromatic N) is 2. The molecule has 5 nitrogen and oxygen atoms in total. The van der Waals surface area contributed by atoms with Gasteiger partial charge in [-0.05, 0) is 50.1 Å². The molecule has 1 saturated carbocycles. The van der Waals surface area contributed by atoms with Crippen molar-refractivity contribution in [3.8, 4) is 5.75 Å². The minimum atomic E-state index is -1.03. The lowest BCUT2D eigenvalue weighted by molar-refractivity contribution is -0.134. The normalized spacial score (nSPS) is 17.9. The number of hydrogen-bond donors (Lipinski definition) is 1. The summed E-state index contributed by atoms with van der Waals surface area (Å²) >= 11 is 12.3. The van der Waals surface area contributed by atoms with Crippen LogP contribution in [-0.2, 0) is 18.4 Å². The van der Waals surface area contributed by atoms with E-state index in [2.05, 4.69) is 10.3 Å². The Kier molecular flexibility index (Phi) is 4.99. The summed E-state index contributed by atoms with van der Waals surface area (Å²) in [6.45, 7) is 3.81. The van der Waals surface area contributed by atoms with Crippen LogP contribution < -0.4 is 10.1 Å². The van der Waals surface area contributed by atoms with Crippen LogP contribution in [0.3, 0.4) is 0 Å². The Morgan fingerprint density at radius 1 is 1.24 bits per heavy atom. The zero-order valence-corrected chi connectivity index (χ0v) is 18.1. The Bertz CT molecular complexity index is 1060. The second-order valence-electron chi connectivity index (χ2n) is 7.96. The lowest BCUT2D eigenvalue weighted by Gasteiger charge is -2.25. The summed E-state index contributed by atoms with van der Waals surface area (Å²) in [7, 11) is 1.94. The van der Waals surface area contributed by atoms with Crippen LogP contribution in [0.1, 0.15) is 37.6 Å². The number of aryl methyl sites for hydroxylation is 1. The lowest BCUT2D eigenvalue weighted by atomic mass is 10.1. The minimum Gasteiger partial charge on any atom is -0.478 e. The molecule has 0 aliphatic heterocycles. The first kappa shape index (κ1) is 20.0. The number of imidazole rings is 1. The molecule has 1 aliphatic rings. The number of para-hydroxylation sites is 2. The molecule has 29 heavy (non-hydrogen) atoms. The van der Waals surface area contributed by atoms with E-state index in [1.54, 1.807) is 13.8 Å². The Balaban J connectivity index is 1.39. The van der Waals surface area contributed by atoms with Crippen LogP contribution in [0.15, 0.2) is 48.5 Å². The van der Waals surface area contributed by atoms with E-state index < -0.39 is 9.93 Å². The third-order valence-electron chi connectivity index (χ3n) is 5.32. The number of aromatic nitrogens is 2. The number of hydrogen-bond acceptors (Lipinski definition) is 3. The summed E-state index contributed by atoms with van der Waals surface area (Å²) in [5, 5.41) is 2.93. The summed E-state index contributed by atoms with van der Waals surface area (Å²) in [4.78, 5) is 17.3. The predicted octanol–water partition coefficient (Wildman–Crippen LogP) is 4.71. The monoisotopic (exact) mass is 431 g/mol. The van der Waals surface area contributed by atoms with Crippen molar-refractivity contribution in [2.45, 2.75) is 42.7 Å². The van der Waals surface area contributed by atoms with Gasteiger partial charge in [0.1, 0.15) is 15.9 Å². The second-order valence-corrected chi connectivity index (χ2v) is 9.50. The van der Waals surface area contributed by atoms with E-state index in [0.717, 1.165) is 28.8 Å². The molecule has 1 fully saturated rings. The van der Waals surface area contributed by atoms with E-state index in [9.17, 15) is 4.79 Å². The third kappa shape index (κ3) is 4.07. The average Bonchev–Trinajstić information content (AvgIpc) is 3.20. The molecule has 3 aromatic rings. The van der Waals surface area contributed by atoms with Crippen molar-refractivity contribution in [2.24, 2.45) is 7.05 Å². The highest BCUT2D eigenvalue weighted by Crippen LogP contribution is 2.59. The number of alkyl halides is 2. The van der Waals surface area contributed by atoms with E-state index in [4.69, 9.17) is 27.9 Å². The molecular formula is C22H23Cl2N3O2. The number of fused-ring (bicyclic) bond motifs is 1. The first-order valence-electron chi connectivity index (χ1n) is 9.53. The van der Waals surface area contributed by atoms with E-state index in [-0.39, 0.29) is 11.8 Å². The predicted molar refractivity (Wildman–Crippen MR) is 116 cm³/mol. The van der Waals surface area contributed by atoms with Crippen molar-refractivity contribution in [1.29, 1.82) is 0 Å². The van der Waals surface area contributed by atoms with Crippen LogP contribution in [0, 0.1) is 0 Å². The topological polar surface area (TPSA) is 56.2 Å². The molecule has 0 spiro atoms. The van der Waals surface area contributed by atoms with Gasteiger partial charge in [-0.3, -0.25) is 4.79 Å². The summed E-state index contributed by atoms with van der Waals surface area (Å²) in [5.74, 6) is 1.35. The highest BCUT2D eigenvalue weighted by Gasteiger charge is 2.52. The number of carbonyl (C=O) groups excluding carboxylic acids is 1. The standard InChI is InChI=1S/C22H23Cl2N3O2/c1-21(2,29-15-10-8-14(9-11-15)16-12-22(16,23)24)20(28)25-13-19-26-17-6-4-5-7-18(17)27(19)3/h4-11,16H,12-13H2,1-3H3,(H,25,28). The number of nitrogens with one attached hydrogen (secondary N) is 1. The first-order chi connectivity index (χ1) is 13.7. The highest BCUT2D eigenvalue weighted by molar-refractivity contribution is 6.51. The molecule has 1 unspecified atom stereocenters. The summed E-state index contributed by atoms with van der Waals surface area (Å²) in [6.07, 6.45) is 0.756. The SMILES string of the molecule is Cn1c(CNC(=O)C(C)(C)Oc2ccc(C3CC3(Cl)Cl)cc2)nc2ccccc21. The molecule has 1 aromatic heterocycles. The number of benzene rings is 2. The van der Waals surface area contributed by atoms with Gasteiger partial charge in [0.15, 0.2) is 5.60 Å². The number of halogens is 2. The number of amides is 1. The molecule has 7 heteroatoms. The molecule has 2 aromatic carbocycles. The minimum absolute atomic E-state index is 0.157. The third-order valence-corrected chi connectivity index (χ3v) is 6.15. The van der Waals surface area contributed by atoms with Crippen LogP contribution in [0.4, 0.5) is 0 Å². The van der Waals surface area contributed by atoms with Gasteiger partial charge in [-0.1, -0.05) is 24.3 Å². The van der Waals surface area contributed by atoms with Gasteiger partial charge in [-0.15, -0.1) is 23.2 Å². The molecule has 1 aliphatic carbocycles. The summed E-state index contributed by atoms with van der Waals surface area (Å²) in [5.41, 5.74) is 1.98. The van der Waals surface area contributed by atoms with Gasteiger partial charge in [0, 0.05) is 13.0 Å². The van der Waals surface area contributed by atoms with Crippen LogP contribution in [0.25, 0.3) is 11.0 Å². The Hall–Kier alpha value is -2.24. The quantitative estimate of drug-likeness (QED) is 0.574. The van der Waals surface area contributed by atoms with Crippen LogP contribution in [-0.4, -0.2) is 25.4 Å². The Morgan fingerprint density at radius 3 is 2.52 bits per heavy atom. The fourth-order valence-corrected chi connectivity index (χ4v) is 3.97. The highest BCUT2D eigenvalue weighted by atomic mass is 35.5. The fourth-order valence-electron chi connectivity index (χ4n) is 3.41.